The normalized spacial score (nSPS) is 21.1. The van der Waals surface area contributed by atoms with Crippen LogP contribution >= 0.6 is 11.6 Å². The van der Waals surface area contributed by atoms with Gasteiger partial charge in [0.2, 0.25) is 0 Å². The molecule has 4 nitrogen and oxygen atoms in total. The standard InChI is InChI=1S/C17H14ClNO3/c1-10(15(20)11-6-8-12(18)9-7-11)17(22)13-4-2-3-5-14(13)19-16(17)21/h2-10,22H,1H3,(H,19,21). The number of halogens is 1. The lowest BCUT2D eigenvalue weighted by atomic mass is 9.79. The monoisotopic (exact) mass is 315 g/mol. The highest BCUT2D eigenvalue weighted by atomic mass is 35.5. The number of Topliss-reactive ketones (excluding diaryl/α,β-unsaturated/α-hetero) is 1. The Bertz CT molecular complexity index is 757. The van der Waals surface area contributed by atoms with Crippen LogP contribution in [0.25, 0.3) is 0 Å². The van der Waals surface area contributed by atoms with E-state index < -0.39 is 17.4 Å². The Hall–Kier alpha value is -2.17. The summed E-state index contributed by atoms with van der Waals surface area (Å²) in [5.41, 5.74) is -0.504. The molecule has 0 fully saturated rings. The SMILES string of the molecule is CC(C(=O)c1ccc(Cl)cc1)C1(O)C(=O)Nc2ccccc21. The molecule has 2 unspecified atom stereocenters. The van der Waals surface area contributed by atoms with Crippen LogP contribution in [-0.2, 0) is 10.4 Å². The lowest BCUT2D eigenvalue weighted by Gasteiger charge is -2.27. The van der Waals surface area contributed by atoms with Gasteiger partial charge >= 0.3 is 0 Å². The van der Waals surface area contributed by atoms with Crippen LogP contribution in [0, 0.1) is 5.92 Å². The minimum absolute atomic E-state index is 0.314. The molecule has 2 aromatic carbocycles. The fraction of sp³-hybridized carbons (Fsp3) is 0.176. The third-order valence-electron chi connectivity index (χ3n) is 4.08. The van der Waals surface area contributed by atoms with Crippen molar-refractivity contribution < 1.29 is 14.7 Å². The highest BCUT2D eigenvalue weighted by molar-refractivity contribution is 6.30. The zero-order valence-electron chi connectivity index (χ0n) is 11.8. The first-order valence-corrected chi connectivity index (χ1v) is 7.25. The molecular weight excluding hydrogens is 302 g/mol. The Labute approximate surface area is 132 Å². The second-order valence-electron chi connectivity index (χ2n) is 5.36. The molecule has 1 amide bonds. The number of benzene rings is 2. The molecule has 0 spiro atoms. The lowest BCUT2D eigenvalue weighted by Crippen LogP contribution is -2.44. The topological polar surface area (TPSA) is 66.4 Å². The van der Waals surface area contributed by atoms with E-state index in [1.807, 2.05) is 0 Å². The van der Waals surface area contributed by atoms with Crippen molar-refractivity contribution in [2.24, 2.45) is 5.92 Å². The van der Waals surface area contributed by atoms with Crippen LogP contribution in [0.1, 0.15) is 22.8 Å². The number of aliphatic hydroxyl groups is 1. The molecule has 0 bridgehead atoms. The quantitative estimate of drug-likeness (QED) is 0.856. The number of para-hydroxylation sites is 1. The molecule has 0 saturated heterocycles. The average molecular weight is 316 g/mol. The third kappa shape index (κ3) is 2.12. The van der Waals surface area contributed by atoms with Gasteiger partial charge in [-0.3, -0.25) is 9.59 Å². The zero-order chi connectivity index (χ0) is 15.9. The molecule has 0 radical (unpaired) electrons. The van der Waals surface area contributed by atoms with E-state index in [1.165, 1.54) is 0 Å². The molecule has 0 saturated carbocycles. The van der Waals surface area contributed by atoms with Gasteiger partial charge < -0.3 is 10.4 Å². The van der Waals surface area contributed by atoms with Crippen LogP contribution in [0.4, 0.5) is 5.69 Å². The second kappa shape index (κ2) is 5.23. The smallest absolute Gasteiger partial charge is 0.261 e. The van der Waals surface area contributed by atoms with Crippen LogP contribution in [0.15, 0.2) is 48.5 Å². The first-order chi connectivity index (χ1) is 10.4. The van der Waals surface area contributed by atoms with Crippen molar-refractivity contribution in [3.63, 3.8) is 0 Å². The summed E-state index contributed by atoms with van der Waals surface area (Å²) in [5, 5.41) is 14.1. The number of ketones is 1. The Morgan fingerprint density at radius 1 is 1.18 bits per heavy atom. The summed E-state index contributed by atoms with van der Waals surface area (Å²) in [5.74, 6) is -1.81. The minimum atomic E-state index is -1.87. The summed E-state index contributed by atoms with van der Waals surface area (Å²) in [6.45, 7) is 1.55. The molecule has 112 valence electrons. The molecule has 2 N–H and O–H groups in total. The van der Waals surface area contributed by atoms with Crippen molar-refractivity contribution in [2.45, 2.75) is 12.5 Å². The van der Waals surface area contributed by atoms with E-state index in [0.29, 0.717) is 21.8 Å². The van der Waals surface area contributed by atoms with E-state index in [-0.39, 0.29) is 5.78 Å². The van der Waals surface area contributed by atoms with Crippen molar-refractivity contribution in [3.8, 4) is 0 Å². The van der Waals surface area contributed by atoms with Crippen molar-refractivity contribution in [1.82, 2.24) is 0 Å². The van der Waals surface area contributed by atoms with Gasteiger partial charge in [0, 0.05) is 21.8 Å². The van der Waals surface area contributed by atoms with Gasteiger partial charge in [-0.25, -0.2) is 0 Å². The predicted octanol–water partition coefficient (Wildman–Crippen LogP) is 3.00. The Morgan fingerprint density at radius 3 is 2.50 bits per heavy atom. The molecule has 2 aromatic rings. The van der Waals surface area contributed by atoms with E-state index in [9.17, 15) is 14.7 Å². The fourth-order valence-corrected chi connectivity index (χ4v) is 2.87. The number of amides is 1. The van der Waals surface area contributed by atoms with Crippen molar-refractivity contribution in [1.29, 1.82) is 0 Å². The van der Waals surface area contributed by atoms with Gasteiger partial charge in [0.05, 0.1) is 5.92 Å². The molecule has 5 heteroatoms. The number of fused-ring (bicyclic) bond motifs is 1. The van der Waals surface area contributed by atoms with Crippen LogP contribution in [0.3, 0.4) is 0 Å². The number of carbonyl (C=O) groups is 2. The number of rotatable bonds is 3. The molecule has 0 aromatic heterocycles. The lowest BCUT2D eigenvalue weighted by molar-refractivity contribution is -0.137. The van der Waals surface area contributed by atoms with E-state index in [1.54, 1.807) is 55.5 Å². The van der Waals surface area contributed by atoms with Crippen molar-refractivity contribution >= 4 is 29.0 Å². The largest absolute Gasteiger partial charge is 0.375 e. The molecule has 2 atom stereocenters. The maximum atomic E-state index is 12.6. The number of hydrogen-bond acceptors (Lipinski definition) is 3. The fourth-order valence-electron chi connectivity index (χ4n) is 2.75. The number of nitrogens with one attached hydrogen (secondary N) is 1. The zero-order valence-corrected chi connectivity index (χ0v) is 12.6. The van der Waals surface area contributed by atoms with Gasteiger partial charge in [0.1, 0.15) is 0 Å². The van der Waals surface area contributed by atoms with Crippen LogP contribution in [0.5, 0.6) is 0 Å². The number of carbonyl (C=O) groups excluding carboxylic acids is 2. The van der Waals surface area contributed by atoms with Gasteiger partial charge in [-0.2, -0.15) is 0 Å². The van der Waals surface area contributed by atoms with Gasteiger partial charge in [0.25, 0.3) is 5.91 Å². The first kappa shape index (κ1) is 14.8. The van der Waals surface area contributed by atoms with E-state index >= 15 is 0 Å². The molecule has 1 aliphatic rings. The van der Waals surface area contributed by atoms with E-state index in [4.69, 9.17) is 11.6 Å². The summed E-state index contributed by atoms with van der Waals surface area (Å²) in [7, 11) is 0. The first-order valence-electron chi connectivity index (χ1n) is 6.87. The maximum absolute atomic E-state index is 12.6. The van der Waals surface area contributed by atoms with Crippen molar-refractivity contribution in [3.05, 3.63) is 64.7 Å². The van der Waals surface area contributed by atoms with Crippen LogP contribution in [-0.4, -0.2) is 16.8 Å². The molecule has 0 aliphatic carbocycles. The summed E-state index contributed by atoms with van der Waals surface area (Å²) in [4.78, 5) is 24.9. The average Bonchev–Trinajstić information content (AvgIpc) is 2.79. The maximum Gasteiger partial charge on any atom is 0.261 e. The second-order valence-corrected chi connectivity index (χ2v) is 5.80. The number of anilines is 1. The summed E-state index contributed by atoms with van der Waals surface area (Å²) >= 11 is 5.82. The van der Waals surface area contributed by atoms with Gasteiger partial charge in [-0.05, 0) is 30.3 Å². The van der Waals surface area contributed by atoms with Crippen LogP contribution in [0.2, 0.25) is 5.02 Å². The summed E-state index contributed by atoms with van der Waals surface area (Å²) in [6, 6.07) is 13.2. The number of hydrogen-bond donors (Lipinski definition) is 2. The summed E-state index contributed by atoms with van der Waals surface area (Å²) in [6.07, 6.45) is 0. The van der Waals surface area contributed by atoms with Gasteiger partial charge in [-0.15, -0.1) is 0 Å². The van der Waals surface area contributed by atoms with Gasteiger partial charge in [-0.1, -0.05) is 36.7 Å². The van der Waals surface area contributed by atoms with E-state index in [0.717, 1.165) is 0 Å². The molecule has 22 heavy (non-hydrogen) atoms. The summed E-state index contributed by atoms with van der Waals surface area (Å²) < 4.78 is 0. The predicted molar refractivity (Wildman–Crippen MR) is 83.9 cm³/mol. The third-order valence-corrected chi connectivity index (χ3v) is 4.33. The molecular formula is C17H14ClNO3. The Kier molecular flexibility index (Phi) is 3.51. The minimum Gasteiger partial charge on any atom is -0.375 e. The molecule has 1 heterocycles. The Morgan fingerprint density at radius 2 is 1.82 bits per heavy atom. The highest BCUT2D eigenvalue weighted by Crippen LogP contribution is 2.41. The Balaban J connectivity index is 2.00. The van der Waals surface area contributed by atoms with Gasteiger partial charge in [0.15, 0.2) is 11.4 Å². The molecule has 3 rings (SSSR count). The van der Waals surface area contributed by atoms with E-state index in [2.05, 4.69) is 5.32 Å². The highest BCUT2D eigenvalue weighted by Gasteiger charge is 2.51. The van der Waals surface area contributed by atoms with Crippen molar-refractivity contribution in [2.75, 3.05) is 5.32 Å². The van der Waals surface area contributed by atoms with Crippen LogP contribution < -0.4 is 5.32 Å². The molecule has 1 aliphatic heterocycles.